The molecule has 0 radical (unpaired) electrons. The van der Waals surface area contributed by atoms with Crippen molar-refractivity contribution >= 4 is 11.4 Å². The van der Waals surface area contributed by atoms with Crippen molar-refractivity contribution in [2.24, 2.45) is 0 Å². The average molecular weight is 286 g/mol. The molecular weight excluding hydrogens is 268 g/mol. The predicted molar refractivity (Wildman–Crippen MR) is 82.9 cm³/mol. The van der Waals surface area contributed by atoms with Gasteiger partial charge in [-0.05, 0) is 31.0 Å². The van der Waals surface area contributed by atoms with E-state index in [2.05, 4.69) is 5.32 Å². The Hall–Kier alpha value is -2.56. The smallest absolute Gasteiger partial charge is 0.269 e. The summed E-state index contributed by atoms with van der Waals surface area (Å²) in [7, 11) is 1.65. The maximum atomic E-state index is 10.8. The van der Waals surface area contributed by atoms with Crippen molar-refractivity contribution < 1.29 is 9.66 Å². The summed E-state index contributed by atoms with van der Waals surface area (Å²) >= 11 is 0. The van der Waals surface area contributed by atoms with Crippen LogP contribution in [0.1, 0.15) is 16.7 Å². The first-order valence-corrected chi connectivity index (χ1v) is 6.64. The Kier molecular flexibility index (Phi) is 4.42. The van der Waals surface area contributed by atoms with Crippen LogP contribution in [0.25, 0.3) is 0 Å². The topological polar surface area (TPSA) is 64.4 Å². The molecule has 0 bridgehead atoms. The first kappa shape index (κ1) is 14.8. The van der Waals surface area contributed by atoms with E-state index >= 15 is 0 Å². The number of nitrogens with zero attached hydrogens (tertiary/aromatic N) is 1. The van der Waals surface area contributed by atoms with E-state index in [9.17, 15) is 10.1 Å². The van der Waals surface area contributed by atoms with E-state index in [0.717, 1.165) is 28.1 Å². The molecule has 0 heterocycles. The van der Waals surface area contributed by atoms with E-state index in [-0.39, 0.29) is 10.6 Å². The maximum Gasteiger partial charge on any atom is 0.269 e. The normalized spacial score (nSPS) is 10.2. The van der Waals surface area contributed by atoms with Crippen LogP contribution in [0.3, 0.4) is 0 Å². The van der Waals surface area contributed by atoms with Crippen LogP contribution in [-0.4, -0.2) is 12.0 Å². The molecule has 0 saturated heterocycles. The minimum Gasteiger partial charge on any atom is -0.496 e. The van der Waals surface area contributed by atoms with Gasteiger partial charge in [-0.15, -0.1) is 0 Å². The lowest BCUT2D eigenvalue weighted by Crippen LogP contribution is -2.03. The fourth-order valence-electron chi connectivity index (χ4n) is 2.31. The summed E-state index contributed by atoms with van der Waals surface area (Å²) in [6.45, 7) is 4.51. The number of aryl methyl sites for hydroxylation is 1. The molecular formula is C16H18N2O3. The Bertz CT molecular complexity index is 669. The summed E-state index contributed by atoms with van der Waals surface area (Å²) < 4.78 is 5.39. The maximum absolute atomic E-state index is 10.8. The first-order chi connectivity index (χ1) is 10.0. The zero-order chi connectivity index (χ0) is 15.4. The van der Waals surface area contributed by atoms with Gasteiger partial charge < -0.3 is 10.1 Å². The van der Waals surface area contributed by atoms with Gasteiger partial charge in [0, 0.05) is 29.9 Å². The Labute approximate surface area is 123 Å². The van der Waals surface area contributed by atoms with E-state index in [1.165, 1.54) is 6.07 Å². The van der Waals surface area contributed by atoms with Crippen molar-refractivity contribution in [1.82, 2.24) is 0 Å². The lowest BCUT2D eigenvalue weighted by atomic mass is 10.1. The van der Waals surface area contributed by atoms with Gasteiger partial charge in [-0.3, -0.25) is 10.1 Å². The van der Waals surface area contributed by atoms with Gasteiger partial charge in [-0.25, -0.2) is 0 Å². The number of hydrogen-bond donors (Lipinski definition) is 1. The number of nitro groups is 1. The molecule has 2 aromatic rings. The second-order valence-electron chi connectivity index (χ2n) is 4.87. The largest absolute Gasteiger partial charge is 0.496 e. The molecule has 0 aliphatic rings. The minimum atomic E-state index is -0.385. The molecule has 0 aromatic heterocycles. The van der Waals surface area contributed by atoms with Crippen molar-refractivity contribution in [3.05, 3.63) is 63.2 Å². The van der Waals surface area contributed by atoms with E-state index in [0.29, 0.717) is 6.54 Å². The average Bonchev–Trinajstić information content (AvgIpc) is 2.47. The quantitative estimate of drug-likeness (QED) is 0.670. The van der Waals surface area contributed by atoms with Crippen LogP contribution in [0.4, 0.5) is 11.4 Å². The Morgan fingerprint density at radius 2 is 2.00 bits per heavy atom. The van der Waals surface area contributed by atoms with Crippen LogP contribution >= 0.6 is 0 Å². The first-order valence-electron chi connectivity index (χ1n) is 6.64. The molecule has 2 rings (SSSR count). The third-order valence-corrected chi connectivity index (χ3v) is 3.41. The van der Waals surface area contributed by atoms with E-state index in [4.69, 9.17) is 4.74 Å². The molecule has 110 valence electrons. The highest BCUT2D eigenvalue weighted by Crippen LogP contribution is 2.29. The second-order valence-corrected chi connectivity index (χ2v) is 4.87. The van der Waals surface area contributed by atoms with Gasteiger partial charge in [0.1, 0.15) is 5.75 Å². The van der Waals surface area contributed by atoms with Crippen LogP contribution in [0.5, 0.6) is 5.75 Å². The Morgan fingerprint density at radius 1 is 1.24 bits per heavy atom. The van der Waals surface area contributed by atoms with Crippen LogP contribution in [0, 0.1) is 24.0 Å². The van der Waals surface area contributed by atoms with Gasteiger partial charge in [0.25, 0.3) is 5.69 Å². The van der Waals surface area contributed by atoms with Gasteiger partial charge in [0.05, 0.1) is 12.0 Å². The molecule has 0 unspecified atom stereocenters. The van der Waals surface area contributed by atoms with Crippen molar-refractivity contribution in [1.29, 1.82) is 0 Å². The summed E-state index contributed by atoms with van der Waals surface area (Å²) in [5.41, 5.74) is 4.04. The zero-order valence-corrected chi connectivity index (χ0v) is 12.3. The Balaban J connectivity index is 2.17. The predicted octanol–water partition coefficient (Wildman–Crippen LogP) is 3.83. The highest BCUT2D eigenvalue weighted by molar-refractivity contribution is 5.59. The molecule has 0 amide bonds. The van der Waals surface area contributed by atoms with Crippen molar-refractivity contribution in [3.63, 3.8) is 0 Å². The van der Waals surface area contributed by atoms with Crippen LogP contribution in [-0.2, 0) is 6.54 Å². The summed E-state index contributed by atoms with van der Waals surface area (Å²) in [5, 5.41) is 14.1. The van der Waals surface area contributed by atoms with Gasteiger partial charge in [0.15, 0.2) is 0 Å². The molecule has 0 aliphatic heterocycles. The van der Waals surface area contributed by atoms with E-state index in [1.807, 2.05) is 32.0 Å². The molecule has 0 saturated carbocycles. The molecule has 0 fully saturated rings. The standard InChI is InChI=1S/C16H18N2O3/c1-11-7-8-15(12(2)16(11)21-3)17-10-13-5-4-6-14(9-13)18(19)20/h4-9,17H,10H2,1-3H3. The number of ether oxygens (including phenoxy) is 1. The van der Waals surface area contributed by atoms with E-state index < -0.39 is 0 Å². The van der Waals surface area contributed by atoms with Crippen LogP contribution in [0.2, 0.25) is 0 Å². The highest BCUT2D eigenvalue weighted by atomic mass is 16.6. The third kappa shape index (κ3) is 3.31. The number of nitrogens with one attached hydrogen (secondary N) is 1. The molecule has 5 heteroatoms. The number of rotatable bonds is 5. The molecule has 2 aromatic carbocycles. The summed E-state index contributed by atoms with van der Waals surface area (Å²) in [4.78, 5) is 10.4. The fourth-order valence-corrected chi connectivity index (χ4v) is 2.31. The number of anilines is 1. The fraction of sp³-hybridized carbons (Fsp3) is 0.250. The minimum absolute atomic E-state index is 0.104. The van der Waals surface area contributed by atoms with Gasteiger partial charge in [0.2, 0.25) is 0 Å². The molecule has 1 N–H and O–H groups in total. The van der Waals surface area contributed by atoms with E-state index in [1.54, 1.807) is 19.2 Å². The SMILES string of the molecule is COc1c(C)ccc(NCc2cccc([N+](=O)[O-])c2)c1C. The van der Waals surface area contributed by atoms with Crippen molar-refractivity contribution in [3.8, 4) is 5.75 Å². The van der Waals surface area contributed by atoms with Crippen LogP contribution in [0.15, 0.2) is 36.4 Å². The van der Waals surface area contributed by atoms with Gasteiger partial charge in [-0.1, -0.05) is 18.2 Å². The van der Waals surface area contributed by atoms with Crippen LogP contribution < -0.4 is 10.1 Å². The number of non-ortho nitro benzene ring substituents is 1. The summed E-state index contributed by atoms with van der Waals surface area (Å²) in [5.74, 6) is 0.860. The van der Waals surface area contributed by atoms with Gasteiger partial charge >= 0.3 is 0 Å². The third-order valence-electron chi connectivity index (χ3n) is 3.41. The van der Waals surface area contributed by atoms with Crippen molar-refractivity contribution in [2.45, 2.75) is 20.4 Å². The molecule has 0 atom stereocenters. The lowest BCUT2D eigenvalue weighted by molar-refractivity contribution is -0.384. The van der Waals surface area contributed by atoms with Gasteiger partial charge in [-0.2, -0.15) is 0 Å². The monoisotopic (exact) mass is 286 g/mol. The molecule has 0 spiro atoms. The summed E-state index contributed by atoms with van der Waals surface area (Å²) in [6, 6.07) is 10.6. The van der Waals surface area contributed by atoms with Crippen molar-refractivity contribution in [2.75, 3.05) is 12.4 Å². The number of hydrogen-bond acceptors (Lipinski definition) is 4. The summed E-state index contributed by atoms with van der Waals surface area (Å²) in [6.07, 6.45) is 0. The molecule has 21 heavy (non-hydrogen) atoms. The lowest BCUT2D eigenvalue weighted by Gasteiger charge is -2.14. The molecule has 0 aliphatic carbocycles. The zero-order valence-electron chi connectivity index (χ0n) is 12.3. The Morgan fingerprint density at radius 3 is 2.67 bits per heavy atom. The number of benzene rings is 2. The highest BCUT2D eigenvalue weighted by Gasteiger charge is 2.09. The molecule has 5 nitrogen and oxygen atoms in total. The number of methoxy groups -OCH3 is 1. The second kappa shape index (κ2) is 6.26. The number of nitro benzene ring substituents is 1.